The van der Waals surface area contributed by atoms with Gasteiger partial charge < -0.3 is 10.6 Å². The zero-order chi connectivity index (χ0) is 16.5. The van der Waals surface area contributed by atoms with Crippen molar-refractivity contribution in [1.82, 2.24) is 5.32 Å². The third-order valence-corrected chi connectivity index (χ3v) is 4.33. The van der Waals surface area contributed by atoms with Crippen LogP contribution in [0.1, 0.15) is 38.1 Å². The van der Waals surface area contributed by atoms with Crippen LogP contribution in [0.15, 0.2) is 35.9 Å². The van der Waals surface area contributed by atoms with E-state index in [4.69, 9.17) is 0 Å². The van der Waals surface area contributed by atoms with Crippen LogP contribution in [-0.2, 0) is 4.79 Å². The molecule has 118 valence electrons. The van der Waals surface area contributed by atoms with Gasteiger partial charge in [0.05, 0.1) is 5.92 Å². The van der Waals surface area contributed by atoms with Crippen LogP contribution in [0, 0.1) is 17.3 Å². The summed E-state index contributed by atoms with van der Waals surface area (Å²) in [6.45, 7) is 8.33. The van der Waals surface area contributed by atoms with Crippen LogP contribution in [0.3, 0.4) is 0 Å². The summed E-state index contributed by atoms with van der Waals surface area (Å²) in [6, 6.07) is 6.99. The lowest BCUT2D eigenvalue weighted by molar-refractivity contribution is -0.118. The third kappa shape index (κ3) is 3.21. The van der Waals surface area contributed by atoms with Gasteiger partial charge in [-0.25, -0.2) is 0 Å². The van der Waals surface area contributed by atoms with Gasteiger partial charge in [-0.05, 0) is 43.4 Å². The molecule has 0 unspecified atom stereocenters. The minimum atomic E-state index is -0.162. The summed E-state index contributed by atoms with van der Waals surface area (Å²) in [7, 11) is 1.59. The zero-order valence-electron chi connectivity index (χ0n) is 13.9. The maximum absolute atomic E-state index is 12.5. The van der Waals surface area contributed by atoms with E-state index in [0.717, 1.165) is 0 Å². The number of allylic oxidation sites excluding steroid dienone is 2. The molecule has 2 amide bonds. The third-order valence-electron chi connectivity index (χ3n) is 4.33. The van der Waals surface area contributed by atoms with Crippen molar-refractivity contribution < 1.29 is 9.59 Å². The fourth-order valence-corrected chi connectivity index (χ4v) is 2.95. The second-order valence-corrected chi connectivity index (χ2v) is 6.72. The summed E-state index contributed by atoms with van der Waals surface area (Å²) >= 11 is 0. The van der Waals surface area contributed by atoms with E-state index in [0.29, 0.717) is 11.3 Å². The molecule has 1 aliphatic carbocycles. The van der Waals surface area contributed by atoms with Gasteiger partial charge in [0.25, 0.3) is 5.91 Å². The van der Waals surface area contributed by atoms with Crippen molar-refractivity contribution in [3.8, 4) is 0 Å². The first-order valence-electron chi connectivity index (χ1n) is 7.55. The van der Waals surface area contributed by atoms with E-state index >= 15 is 0 Å². The van der Waals surface area contributed by atoms with Crippen LogP contribution < -0.4 is 10.6 Å². The molecule has 1 aromatic carbocycles. The van der Waals surface area contributed by atoms with Crippen molar-refractivity contribution in [2.45, 2.75) is 27.7 Å². The first-order valence-corrected chi connectivity index (χ1v) is 7.55. The van der Waals surface area contributed by atoms with Crippen LogP contribution in [0.4, 0.5) is 5.69 Å². The Bertz CT molecular complexity index is 628. The number of hydrogen-bond donors (Lipinski definition) is 2. The highest BCUT2D eigenvalue weighted by Gasteiger charge is 2.60. The quantitative estimate of drug-likeness (QED) is 0.839. The lowest BCUT2D eigenvalue weighted by atomic mass is 10.1. The molecule has 4 heteroatoms. The number of anilines is 1. The Kier molecular flexibility index (Phi) is 4.40. The maximum atomic E-state index is 12.5. The number of amides is 2. The molecule has 2 atom stereocenters. The summed E-state index contributed by atoms with van der Waals surface area (Å²) in [4.78, 5) is 24.1. The minimum Gasteiger partial charge on any atom is -0.355 e. The van der Waals surface area contributed by atoms with Crippen LogP contribution >= 0.6 is 0 Å². The van der Waals surface area contributed by atoms with E-state index < -0.39 is 0 Å². The summed E-state index contributed by atoms with van der Waals surface area (Å²) in [5.41, 5.74) is 2.41. The Morgan fingerprint density at radius 1 is 1.23 bits per heavy atom. The van der Waals surface area contributed by atoms with E-state index in [2.05, 4.69) is 44.4 Å². The van der Waals surface area contributed by atoms with Gasteiger partial charge in [0.1, 0.15) is 0 Å². The van der Waals surface area contributed by atoms with Crippen molar-refractivity contribution in [2.24, 2.45) is 17.3 Å². The van der Waals surface area contributed by atoms with E-state index in [1.807, 2.05) is 0 Å². The largest absolute Gasteiger partial charge is 0.355 e. The fourth-order valence-electron chi connectivity index (χ4n) is 2.95. The van der Waals surface area contributed by atoms with Gasteiger partial charge in [-0.15, -0.1) is 0 Å². The van der Waals surface area contributed by atoms with Crippen molar-refractivity contribution >= 4 is 17.5 Å². The second kappa shape index (κ2) is 5.95. The minimum absolute atomic E-state index is 0.0141. The molecule has 0 bridgehead atoms. The van der Waals surface area contributed by atoms with Crippen LogP contribution in [0.5, 0.6) is 0 Å². The Morgan fingerprint density at radius 3 is 2.50 bits per heavy atom. The average molecular weight is 300 g/mol. The maximum Gasteiger partial charge on any atom is 0.251 e. The van der Waals surface area contributed by atoms with Crippen molar-refractivity contribution in [2.75, 3.05) is 12.4 Å². The lowest BCUT2D eigenvalue weighted by Gasteiger charge is -2.08. The molecule has 0 spiro atoms. The average Bonchev–Trinajstić information content (AvgIpc) is 2.98. The summed E-state index contributed by atoms with van der Waals surface area (Å²) in [6.07, 6.45) is 2.17. The van der Waals surface area contributed by atoms with Gasteiger partial charge in [-0.1, -0.05) is 31.6 Å². The van der Waals surface area contributed by atoms with Crippen molar-refractivity contribution in [3.05, 3.63) is 41.5 Å². The highest BCUT2D eigenvalue weighted by Crippen LogP contribution is 2.59. The topological polar surface area (TPSA) is 58.2 Å². The monoisotopic (exact) mass is 300 g/mol. The van der Waals surface area contributed by atoms with Gasteiger partial charge in [0, 0.05) is 18.3 Å². The van der Waals surface area contributed by atoms with Crippen molar-refractivity contribution in [1.29, 1.82) is 0 Å². The fraction of sp³-hybridized carbons (Fsp3) is 0.444. The first-order chi connectivity index (χ1) is 10.3. The van der Waals surface area contributed by atoms with Crippen LogP contribution in [-0.4, -0.2) is 18.9 Å². The molecule has 0 radical (unpaired) electrons. The molecular formula is C18H24N2O2. The van der Waals surface area contributed by atoms with Gasteiger partial charge in [-0.3, -0.25) is 9.59 Å². The Hall–Kier alpha value is -2.10. The van der Waals surface area contributed by atoms with E-state index in [-0.39, 0.29) is 29.1 Å². The predicted molar refractivity (Wildman–Crippen MR) is 88.7 cm³/mol. The molecule has 2 N–H and O–H groups in total. The molecule has 1 saturated carbocycles. The lowest BCUT2D eigenvalue weighted by Crippen LogP contribution is -2.19. The van der Waals surface area contributed by atoms with Gasteiger partial charge in [0.2, 0.25) is 5.91 Å². The van der Waals surface area contributed by atoms with Gasteiger partial charge in [0.15, 0.2) is 0 Å². The van der Waals surface area contributed by atoms with E-state index in [1.165, 1.54) is 5.57 Å². The zero-order valence-corrected chi connectivity index (χ0v) is 13.9. The molecule has 2 rings (SSSR count). The normalized spacial score (nSPS) is 21.7. The smallest absolute Gasteiger partial charge is 0.251 e. The summed E-state index contributed by atoms with van der Waals surface area (Å²) in [5.74, 6) is 0.109. The molecule has 0 aromatic heterocycles. The van der Waals surface area contributed by atoms with Gasteiger partial charge in [-0.2, -0.15) is 0 Å². The molecule has 1 fully saturated rings. The van der Waals surface area contributed by atoms with Crippen molar-refractivity contribution in [3.63, 3.8) is 0 Å². The number of rotatable bonds is 4. The molecule has 4 nitrogen and oxygen atoms in total. The highest BCUT2D eigenvalue weighted by molar-refractivity contribution is 5.98. The number of nitrogens with one attached hydrogen (secondary N) is 2. The SMILES string of the molecule is CNC(=O)c1cccc(NC(=O)[C@@H]2[C@H](C=C(C)C)C2(C)C)c1. The predicted octanol–water partition coefficient (Wildman–Crippen LogP) is 3.22. The molecule has 0 saturated heterocycles. The van der Waals surface area contributed by atoms with Crippen LogP contribution in [0.2, 0.25) is 0 Å². The van der Waals surface area contributed by atoms with Crippen LogP contribution in [0.25, 0.3) is 0 Å². The summed E-state index contributed by atoms with van der Waals surface area (Å²) < 4.78 is 0. The molecule has 0 heterocycles. The Balaban J connectivity index is 2.10. The standard InChI is InChI=1S/C18H24N2O2/c1-11(2)9-14-15(18(14,3)4)17(22)20-13-8-6-7-12(10-13)16(21)19-5/h6-10,14-15H,1-5H3,(H,19,21)(H,20,22)/t14-,15-/m0/s1. The number of carbonyl (C=O) groups is 2. The van der Waals surface area contributed by atoms with E-state index in [9.17, 15) is 9.59 Å². The molecule has 22 heavy (non-hydrogen) atoms. The second-order valence-electron chi connectivity index (χ2n) is 6.72. The van der Waals surface area contributed by atoms with Gasteiger partial charge >= 0.3 is 0 Å². The first kappa shape index (κ1) is 16.3. The number of carbonyl (C=O) groups excluding carboxylic acids is 2. The molecule has 0 aliphatic heterocycles. The highest BCUT2D eigenvalue weighted by atomic mass is 16.2. The van der Waals surface area contributed by atoms with E-state index in [1.54, 1.807) is 31.3 Å². The Labute approximate surface area is 132 Å². The number of hydrogen-bond acceptors (Lipinski definition) is 2. The molecule has 1 aliphatic rings. The Morgan fingerprint density at radius 2 is 1.91 bits per heavy atom. The number of benzene rings is 1. The molecular weight excluding hydrogens is 276 g/mol. The molecule has 1 aromatic rings. The summed E-state index contributed by atoms with van der Waals surface area (Å²) in [5, 5.41) is 5.51.